The predicted molar refractivity (Wildman–Crippen MR) is 78.7 cm³/mol. The Morgan fingerprint density at radius 1 is 1.20 bits per heavy atom. The van der Waals surface area contributed by atoms with Crippen molar-refractivity contribution in [2.45, 2.75) is 51.5 Å². The van der Waals surface area contributed by atoms with Crippen LogP contribution in [-0.2, 0) is 0 Å². The highest BCUT2D eigenvalue weighted by Gasteiger charge is 2.35. The van der Waals surface area contributed by atoms with Crippen molar-refractivity contribution in [1.82, 2.24) is 0 Å². The van der Waals surface area contributed by atoms with E-state index in [0.29, 0.717) is 6.04 Å². The normalized spacial score (nSPS) is 23.5. The number of anilines is 1. The maximum atomic E-state index is 14.0. The highest BCUT2D eigenvalue weighted by Crippen LogP contribution is 2.39. The number of hydrogen-bond donors (Lipinski definition) is 0. The zero-order valence-corrected chi connectivity index (χ0v) is 12.1. The topological polar surface area (TPSA) is 20.3 Å². The summed E-state index contributed by atoms with van der Waals surface area (Å²) in [5.74, 6) is 0.169. The summed E-state index contributed by atoms with van der Waals surface area (Å²) in [5.41, 5.74) is 1.09. The summed E-state index contributed by atoms with van der Waals surface area (Å²) in [4.78, 5) is 14.1. The van der Waals surface area contributed by atoms with Crippen LogP contribution in [0, 0.1) is 11.7 Å². The van der Waals surface area contributed by atoms with E-state index in [1.807, 2.05) is 6.07 Å². The molecule has 108 valence electrons. The van der Waals surface area contributed by atoms with Gasteiger partial charge in [-0.3, -0.25) is 4.79 Å². The van der Waals surface area contributed by atoms with Gasteiger partial charge in [-0.1, -0.05) is 18.9 Å². The van der Waals surface area contributed by atoms with E-state index in [0.717, 1.165) is 24.6 Å². The molecule has 0 N–H and O–H groups in total. The first-order chi connectivity index (χ1) is 9.68. The average Bonchev–Trinajstić information content (AvgIpc) is 3.08. The van der Waals surface area contributed by atoms with Gasteiger partial charge in [-0.15, -0.1) is 0 Å². The van der Waals surface area contributed by atoms with Gasteiger partial charge >= 0.3 is 0 Å². The summed E-state index contributed by atoms with van der Waals surface area (Å²) in [6.07, 6.45) is 7.53. The van der Waals surface area contributed by atoms with Crippen molar-refractivity contribution in [1.29, 1.82) is 0 Å². The summed E-state index contributed by atoms with van der Waals surface area (Å²) in [5, 5.41) is 0. The van der Waals surface area contributed by atoms with Gasteiger partial charge in [0.1, 0.15) is 5.82 Å². The molecule has 3 heteroatoms. The molecule has 20 heavy (non-hydrogen) atoms. The SMILES string of the molecule is CC(=O)c1c(F)cccc1N1CCCC1C1CCCC1. The molecule has 3 rings (SSSR count). The number of carbonyl (C=O) groups is 1. The summed E-state index contributed by atoms with van der Waals surface area (Å²) in [6.45, 7) is 2.41. The molecular weight excluding hydrogens is 253 g/mol. The molecule has 0 amide bonds. The van der Waals surface area contributed by atoms with E-state index in [4.69, 9.17) is 0 Å². The van der Waals surface area contributed by atoms with Crippen molar-refractivity contribution in [3.8, 4) is 0 Å². The Morgan fingerprint density at radius 2 is 1.95 bits per heavy atom. The van der Waals surface area contributed by atoms with E-state index < -0.39 is 0 Å². The third kappa shape index (κ3) is 2.34. The van der Waals surface area contributed by atoms with Gasteiger partial charge in [0.25, 0.3) is 0 Å². The number of Topliss-reactive ketones (excluding diaryl/α,β-unsaturated/α-hetero) is 1. The van der Waals surface area contributed by atoms with Crippen molar-refractivity contribution in [2.24, 2.45) is 5.92 Å². The number of hydrogen-bond acceptors (Lipinski definition) is 2. The van der Waals surface area contributed by atoms with E-state index >= 15 is 0 Å². The minimum absolute atomic E-state index is 0.171. The molecular formula is C17H22FNO. The van der Waals surface area contributed by atoms with Crippen LogP contribution >= 0.6 is 0 Å². The molecule has 2 fully saturated rings. The lowest BCUT2D eigenvalue weighted by Gasteiger charge is -2.32. The second-order valence-electron chi connectivity index (χ2n) is 6.14. The lowest BCUT2D eigenvalue weighted by atomic mass is 9.95. The van der Waals surface area contributed by atoms with E-state index in [2.05, 4.69) is 4.90 Å². The van der Waals surface area contributed by atoms with Crippen molar-refractivity contribution in [3.05, 3.63) is 29.6 Å². The summed E-state index contributed by atoms with van der Waals surface area (Å²) >= 11 is 0. The second-order valence-corrected chi connectivity index (χ2v) is 6.14. The van der Waals surface area contributed by atoms with Crippen molar-refractivity contribution in [3.63, 3.8) is 0 Å². The van der Waals surface area contributed by atoms with Gasteiger partial charge in [0.15, 0.2) is 5.78 Å². The molecule has 1 aromatic carbocycles. The zero-order chi connectivity index (χ0) is 14.1. The van der Waals surface area contributed by atoms with Crippen LogP contribution < -0.4 is 4.90 Å². The maximum absolute atomic E-state index is 14.0. The van der Waals surface area contributed by atoms with Gasteiger partial charge in [0.05, 0.1) is 11.3 Å². The van der Waals surface area contributed by atoms with Gasteiger partial charge in [0, 0.05) is 12.6 Å². The van der Waals surface area contributed by atoms with Gasteiger partial charge in [-0.05, 0) is 50.7 Å². The maximum Gasteiger partial charge on any atom is 0.164 e. The van der Waals surface area contributed by atoms with Crippen LogP contribution in [0.25, 0.3) is 0 Å². The van der Waals surface area contributed by atoms with E-state index in [1.54, 1.807) is 6.07 Å². The molecule has 2 aliphatic rings. The fraction of sp³-hybridized carbons (Fsp3) is 0.588. The monoisotopic (exact) mass is 275 g/mol. The van der Waals surface area contributed by atoms with Crippen molar-refractivity contribution in [2.75, 3.05) is 11.4 Å². The molecule has 0 aromatic heterocycles. The highest BCUT2D eigenvalue weighted by atomic mass is 19.1. The van der Waals surface area contributed by atoms with Crippen LogP contribution in [0.15, 0.2) is 18.2 Å². The number of ketones is 1. The molecule has 2 nitrogen and oxygen atoms in total. The van der Waals surface area contributed by atoms with Crippen LogP contribution in [-0.4, -0.2) is 18.4 Å². The Hall–Kier alpha value is -1.38. The van der Waals surface area contributed by atoms with Crippen LogP contribution in [0.3, 0.4) is 0 Å². The predicted octanol–water partition coefficient (Wildman–Crippen LogP) is 4.19. The fourth-order valence-corrected chi connectivity index (χ4v) is 4.02. The molecule has 0 bridgehead atoms. The lowest BCUT2D eigenvalue weighted by Crippen LogP contribution is -2.35. The largest absolute Gasteiger partial charge is 0.368 e. The molecule has 1 aliphatic heterocycles. The van der Waals surface area contributed by atoms with Gasteiger partial charge in [-0.25, -0.2) is 4.39 Å². The smallest absolute Gasteiger partial charge is 0.164 e. The third-order valence-corrected chi connectivity index (χ3v) is 4.90. The zero-order valence-electron chi connectivity index (χ0n) is 12.1. The molecule has 1 saturated heterocycles. The molecule has 1 atom stereocenters. The second kappa shape index (κ2) is 5.55. The first-order valence-corrected chi connectivity index (χ1v) is 7.74. The van der Waals surface area contributed by atoms with E-state index in [9.17, 15) is 9.18 Å². The molecule has 0 spiro atoms. The Kier molecular flexibility index (Phi) is 3.77. The fourth-order valence-electron chi connectivity index (χ4n) is 4.02. The third-order valence-electron chi connectivity index (χ3n) is 4.90. The molecule has 0 radical (unpaired) electrons. The van der Waals surface area contributed by atoms with Gasteiger partial charge < -0.3 is 4.90 Å². The standard InChI is InChI=1S/C17H22FNO/c1-12(20)17-14(18)8-4-9-16(17)19-11-5-10-15(19)13-6-2-3-7-13/h4,8-9,13,15H,2-3,5-7,10-11H2,1H3. The molecule has 1 aliphatic carbocycles. The molecule has 1 saturated carbocycles. The lowest BCUT2D eigenvalue weighted by molar-refractivity contribution is 0.101. The minimum Gasteiger partial charge on any atom is -0.368 e. The van der Waals surface area contributed by atoms with Crippen LogP contribution in [0.2, 0.25) is 0 Å². The van der Waals surface area contributed by atoms with Crippen LogP contribution in [0.5, 0.6) is 0 Å². The van der Waals surface area contributed by atoms with Crippen molar-refractivity contribution >= 4 is 11.5 Å². The average molecular weight is 275 g/mol. The van der Waals surface area contributed by atoms with E-state index in [1.165, 1.54) is 45.1 Å². The highest BCUT2D eigenvalue weighted by molar-refractivity contribution is 6.00. The Labute approximate surface area is 120 Å². The number of benzene rings is 1. The summed E-state index contributed by atoms with van der Waals surface area (Å²) in [7, 11) is 0. The molecule has 1 heterocycles. The van der Waals surface area contributed by atoms with Gasteiger partial charge in [0.2, 0.25) is 0 Å². The quantitative estimate of drug-likeness (QED) is 0.771. The number of rotatable bonds is 3. The van der Waals surface area contributed by atoms with Crippen molar-refractivity contribution < 1.29 is 9.18 Å². The Balaban J connectivity index is 1.95. The number of carbonyl (C=O) groups excluding carboxylic acids is 1. The Bertz CT molecular complexity index is 508. The number of halogens is 1. The first-order valence-electron chi connectivity index (χ1n) is 7.74. The minimum atomic E-state index is -0.382. The summed E-state index contributed by atoms with van der Waals surface area (Å²) in [6, 6.07) is 5.52. The number of nitrogens with zero attached hydrogens (tertiary/aromatic N) is 1. The van der Waals surface area contributed by atoms with E-state index in [-0.39, 0.29) is 17.2 Å². The Morgan fingerprint density at radius 3 is 2.65 bits per heavy atom. The molecule has 1 unspecified atom stereocenters. The van der Waals surface area contributed by atoms with Crippen LogP contribution in [0.4, 0.5) is 10.1 Å². The summed E-state index contributed by atoms with van der Waals surface area (Å²) < 4.78 is 14.0. The van der Waals surface area contributed by atoms with Crippen LogP contribution in [0.1, 0.15) is 55.8 Å². The molecule has 1 aromatic rings. The van der Waals surface area contributed by atoms with Gasteiger partial charge in [-0.2, -0.15) is 0 Å². The first kappa shape index (κ1) is 13.6.